The van der Waals surface area contributed by atoms with Crippen molar-refractivity contribution in [2.45, 2.75) is 37.3 Å². The Morgan fingerprint density at radius 1 is 1.21 bits per heavy atom. The molecule has 4 heteroatoms. The molecule has 0 bridgehead atoms. The van der Waals surface area contributed by atoms with Crippen molar-refractivity contribution in [2.75, 3.05) is 0 Å². The highest BCUT2D eigenvalue weighted by Gasteiger charge is 2.25. The lowest BCUT2D eigenvalue weighted by Gasteiger charge is -2.25. The van der Waals surface area contributed by atoms with Gasteiger partial charge in [-0.1, -0.05) is 55.9 Å². The SMILES string of the molecule is Cc1coc(SC(C(C)C)C(N)c2ccccc2)n1. The summed E-state index contributed by atoms with van der Waals surface area (Å²) >= 11 is 1.62. The minimum absolute atomic E-state index is 0.0293. The smallest absolute Gasteiger partial charge is 0.256 e. The maximum Gasteiger partial charge on any atom is 0.256 e. The highest BCUT2D eigenvalue weighted by atomic mass is 32.2. The van der Waals surface area contributed by atoms with Crippen LogP contribution in [0, 0.1) is 12.8 Å². The predicted molar refractivity (Wildman–Crippen MR) is 79.1 cm³/mol. The van der Waals surface area contributed by atoms with E-state index in [1.807, 2.05) is 25.1 Å². The van der Waals surface area contributed by atoms with E-state index >= 15 is 0 Å². The van der Waals surface area contributed by atoms with Gasteiger partial charge in [0, 0.05) is 11.3 Å². The van der Waals surface area contributed by atoms with Crippen LogP contribution in [0.5, 0.6) is 0 Å². The van der Waals surface area contributed by atoms with E-state index in [0.717, 1.165) is 11.3 Å². The zero-order valence-electron chi connectivity index (χ0n) is 11.5. The van der Waals surface area contributed by atoms with Gasteiger partial charge in [-0.2, -0.15) is 0 Å². The van der Waals surface area contributed by atoms with Gasteiger partial charge in [0.25, 0.3) is 5.22 Å². The van der Waals surface area contributed by atoms with Crippen molar-refractivity contribution in [3.8, 4) is 0 Å². The Morgan fingerprint density at radius 2 is 1.89 bits per heavy atom. The topological polar surface area (TPSA) is 52.0 Å². The van der Waals surface area contributed by atoms with Gasteiger partial charge in [0.1, 0.15) is 6.26 Å². The van der Waals surface area contributed by atoms with E-state index in [9.17, 15) is 0 Å². The highest BCUT2D eigenvalue weighted by molar-refractivity contribution is 7.99. The zero-order chi connectivity index (χ0) is 13.8. The van der Waals surface area contributed by atoms with Crippen LogP contribution in [0.1, 0.15) is 31.1 Å². The summed E-state index contributed by atoms with van der Waals surface area (Å²) < 4.78 is 5.43. The average Bonchev–Trinajstić information content (AvgIpc) is 2.81. The first-order valence-corrected chi connectivity index (χ1v) is 7.35. The van der Waals surface area contributed by atoms with Crippen LogP contribution < -0.4 is 5.73 Å². The van der Waals surface area contributed by atoms with Crippen LogP contribution in [-0.2, 0) is 0 Å². The van der Waals surface area contributed by atoms with Crippen molar-refractivity contribution in [1.82, 2.24) is 4.98 Å². The average molecular weight is 276 g/mol. The number of aryl methyl sites for hydroxylation is 1. The van der Waals surface area contributed by atoms with Crippen molar-refractivity contribution in [2.24, 2.45) is 11.7 Å². The van der Waals surface area contributed by atoms with Gasteiger partial charge in [-0.3, -0.25) is 0 Å². The molecule has 0 aliphatic carbocycles. The van der Waals surface area contributed by atoms with Crippen molar-refractivity contribution in [1.29, 1.82) is 0 Å². The summed E-state index contributed by atoms with van der Waals surface area (Å²) in [5, 5.41) is 0.933. The van der Waals surface area contributed by atoms with Crippen LogP contribution in [0.25, 0.3) is 0 Å². The number of hydrogen-bond acceptors (Lipinski definition) is 4. The van der Waals surface area contributed by atoms with Gasteiger partial charge in [-0.25, -0.2) is 4.98 Å². The first-order chi connectivity index (χ1) is 9.08. The normalized spacial score (nSPS) is 14.6. The third-order valence-corrected chi connectivity index (χ3v) is 4.53. The second-order valence-corrected chi connectivity index (χ2v) is 6.15. The number of oxazole rings is 1. The minimum Gasteiger partial charge on any atom is -0.440 e. The lowest BCUT2D eigenvalue weighted by molar-refractivity contribution is 0.446. The van der Waals surface area contributed by atoms with Gasteiger partial charge in [0.2, 0.25) is 0 Å². The van der Waals surface area contributed by atoms with Crippen molar-refractivity contribution in [3.05, 3.63) is 47.9 Å². The summed E-state index contributed by atoms with van der Waals surface area (Å²) in [6.07, 6.45) is 1.67. The number of hydrogen-bond donors (Lipinski definition) is 1. The molecule has 1 aromatic carbocycles. The first kappa shape index (κ1) is 14.2. The molecule has 0 aliphatic heterocycles. The second kappa shape index (κ2) is 6.26. The molecule has 0 amide bonds. The number of nitrogens with zero attached hydrogens (tertiary/aromatic N) is 1. The molecule has 1 aromatic heterocycles. The molecule has 2 N–H and O–H groups in total. The highest BCUT2D eigenvalue weighted by Crippen LogP contribution is 2.35. The Morgan fingerprint density at radius 3 is 2.42 bits per heavy atom. The lowest BCUT2D eigenvalue weighted by Crippen LogP contribution is -2.28. The predicted octanol–water partition coefficient (Wildman–Crippen LogP) is 3.80. The Hall–Kier alpha value is -1.26. The van der Waals surface area contributed by atoms with E-state index in [2.05, 4.69) is 31.0 Å². The maximum absolute atomic E-state index is 6.40. The molecule has 2 rings (SSSR count). The summed E-state index contributed by atoms with van der Waals surface area (Å²) in [5.74, 6) is 0.437. The molecule has 102 valence electrons. The van der Waals surface area contributed by atoms with Gasteiger partial charge in [0.15, 0.2) is 0 Å². The Bertz CT molecular complexity index is 510. The summed E-state index contributed by atoms with van der Waals surface area (Å²) in [6, 6.07) is 10.2. The zero-order valence-corrected chi connectivity index (χ0v) is 12.4. The Balaban J connectivity index is 2.16. The molecular formula is C15H20N2OS. The van der Waals surface area contributed by atoms with E-state index in [1.54, 1.807) is 18.0 Å². The van der Waals surface area contributed by atoms with E-state index in [1.165, 1.54) is 0 Å². The van der Waals surface area contributed by atoms with E-state index in [-0.39, 0.29) is 11.3 Å². The summed E-state index contributed by atoms with van der Waals surface area (Å²) in [4.78, 5) is 4.35. The molecule has 2 atom stereocenters. The van der Waals surface area contributed by atoms with Gasteiger partial charge < -0.3 is 10.2 Å². The fourth-order valence-electron chi connectivity index (χ4n) is 1.99. The third-order valence-electron chi connectivity index (χ3n) is 3.03. The Labute approximate surface area is 118 Å². The lowest BCUT2D eigenvalue weighted by atomic mass is 9.97. The summed E-state index contributed by atoms with van der Waals surface area (Å²) in [7, 11) is 0. The fraction of sp³-hybridized carbons (Fsp3) is 0.400. The largest absolute Gasteiger partial charge is 0.440 e. The van der Waals surface area contributed by atoms with E-state index < -0.39 is 0 Å². The van der Waals surface area contributed by atoms with Gasteiger partial charge in [-0.05, 0) is 18.4 Å². The molecule has 0 saturated heterocycles. The quantitative estimate of drug-likeness (QED) is 0.844. The molecule has 2 aromatic rings. The number of aromatic nitrogens is 1. The molecular weight excluding hydrogens is 256 g/mol. The van der Waals surface area contributed by atoms with Crippen molar-refractivity contribution < 1.29 is 4.42 Å². The van der Waals surface area contributed by atoms with Crippen molar-refractivity contribution in [3.63, 3.8) is 0 Å². The summed E-state index contributed by atoms with van der Waals surface area (Å²) in [6.45, 7) is 6.28. The number of thioether (sulfide) groups is 1. The van der Waals surface area contributed by atoms with Crippen LogP contribution in [0.3, 0.4) is 0 Å². The van der Waals surface area contributed by atoms with Crippen LogP contribution in [0.4, 0.5) is 0 Å². The number of benzene rings is 1. The molecule has 0 radical (unpaired) electrons. The monoisotopic (exact) mass is 276 g/mol. The minimum atomic E-state index is -0.0293. The molecule has 3 nitrogen and oxygen atoms in total. The molecule has 1 heterocycles. The number of rotatable bonds is 5. The third kappa shape index (κ3) is 3.61. The van der Waals surface area contributed by atoms with Crippen LogP contribution in [0.15, 0.2) is 46.2 Å². The Kier molecular flexibility index (Phi) is 4.66. The van der Waals surface area contributed by atoms with Gasteiger partial charge in [0.05, 0.1) is 5.69 Å². The maximum atomic E-state index is 6.40. The summed E-state index contributed by atoms with van der Waals surface area (Å²) in [5.41, 5.74) is 8.46. The molecule has 19 heavy (non-hydrogen) atoms. The first-order valence-electron chi connectivity index (χ1n) is 6.47. The van der Waals surface area contributed by atoms with Gasteiger partial charge >= 0.3 is 0 Å². The molecule has 0 saturated carbocycles. The molecule has 2 unspecified atom stereocenters. The van der Waals surface area contributed by atoms with E-state index in [0.29, 0.717) is 11.1 Å². The van der Waals surface area contributed by atoms with Crippen LogP contribution in [0.2, 0.25) is 0 Å². The standard InChI is InChI=1S/C15H20N2OS/c1-10(2)14(19-15-17-11(3)9-18-15)13(16)12-7-5-4-6-8-12/h4-10,13-14H,16H2,1-3H3. The van der Waals surface area contributed by atoms with Gasteiger partial charge in [-0.15, -0.1) is 0 Å². The molecule has 0 fully saturated rings. The van der Waals surface area contributed by atoms with E-state index in [4.69, 9.17) is 10.2 Å². The van der Waals surface area contributed by atoms with Crippen LogP contribution in [-0.4, -0.2) is 10.2 Å². The van der Waals surface area contributed by atoms with Crippen molar-refractivity contribution >= 4 is 11.8 Å². The fourth-order valence-corrected chi connectivity index (χ4v) is 3.10. The van der Waals surface area contributed by atoms with Crippen LogP contribution >= 0.6 is 11.8 Å². The number of nitrogens with two attached hydrogens (primary N) is 1. The molecule has 0 spiro atoms. The molecule has 0 aliphatic rings. The second-order valence-electron chi connectivity index (χ2n) is 5.02.